The quantitative estimate of drug-likeness (QED) is 0.263. The van der Waals surface area contributed by atoms with Gasteiger partial charge < -0.3 is 14.2 Å². The fraction of sp³-hybridized carbons (Fsp3) is 0.300. The van der Waals surface area contributed by atoms with Crippen LogP contribution in [0.1, 0.15) is 47.6 Å². The number of fused-ring (bicyclic) bond motifs is 1. The van der Waals surface area contributed by atoms with Crippen LogP contribution in [0.5, 0.6) is 11.5 Å². The van der Waals surface area contributed by atoms with Gasteiger partial charge in [-0.3, -0.25) is 19.3 Å². The minimum absolute atomic E-state index is 0.00813. The van der Waals surface area contributed by atoms with Gasteiger partial charge in [-0.1, -0.05) is 18.2 Å². The van der Waals surface area contributed by atoms with Gasteiger partial charge in [0.25, 0.3) is 0 Å². The Labute approximate surface area is 237 Å². The van der Waals surface area contributed by atoms with Gasteiger partial charge in [0.15, 0.2) is 17.3 Å². The molecule has 2 aromatic carbocycles. The van der Waals surface area contributed by atoms with Crippen LogP contribution in [-0.4, -0.2) is 31.1 Å². The molecule has 0 radical (unpaired) electrons. The Kier molecular flexibility index (Phi) is 6.85. The molecule has 1 aliphatic carbocycles. The molecule has 0 spiro atoms. The lowest BCUT2D eigenvalue weighted by atomic mass is 9.69. The summed E-state index contributed by atoms with van der Waals surface area (Å²) >= 11 is 1.36. The van der Waals surface area contributed by atoms with E-state index in [4.69, 9.17) is 14.2 Å². The Hall–Kier alpha value is -4.12. The number of allylic oxidation sites excluding steroid dienone is 2. The molecular formula is C30H24F3NO6S. The van der Waals surface area contributed by atoms with Gasteiger partial charge in [0, 0.05) is 40.1 Å². The number of Topliss-reactive ketones (excluding diaryl/α,β-unsaturated/α-hetero) is 1. The molecule has 3 heterocycles. The third kappa shape index (κ3) is 4.77. The number of nitrogens with zero attached hydrogens (tertiary/aromatic N) is 1. The van der Waals surface area contributed by atoms with Gasteiger partial charge in [-0.05, 0) is 60.7 Å². The summed E-state index contributed by atoms with van der Waals surface area (Å²) in [6, 6.07) is 13.2. The van der Waals surface area contributed by atoms with E-state index in [9.17, 15) is 27.6 Å². The van der Waals surface area contributed by atoms with Crippen LogP contribution in [0.2, 0.25) is 0 Å². The molecule has 0 saturated carbocycles. The Morgan fingerprint density at radius 3 is 2.59 bits per heavy atom. The summed E-state index contributed by atoms with van der Waals surface area (Å²) < 4.78 is 57.2. The molecule has 6 rings (SSSR count). The molecule has 0 saturated heterocycles. The molecule has 3 aromatic rings. The molecule has 1 amide bonds. The van der Waals surface area contributed by atoms with Crippen molar-refractivity contribution in [2.45, 2.75) is 37.8 Å². The van der Waals surface area contributed by atoms with Crippen LogP contribution in [0.15, 0.2) is 71.2 Å². The number of carbonyl (C=O) groups is 3. The lowest BCUT2D eigenvalue weighted by molar-refractivity contribution is -0.152. The van der Waals surface area contributed by atoms with Crippen molar-refractivity contribution in [3.8, 4) is 11.5 Å². The number of hydrogen-bond donors (Lipinski definition) is 0. The highest BCUT2D eigenvalue weighted by Crippen LogP contribution is 2.51. The number of benzene rings is 2. The number of carbonyl (C=O) groups excluding carboxylic acids is 3. The second-order valence-corrected chi connectivity index (χ2v) is 10.9. The van der Waals surface area contributed by atoms with Crippen LogP contribution in [0.3, 0.4) is 0 Å². The standard InChI is InChI=1S/C30H24F3NO6S/c1-2-38-29(37)27-20(24-7-4-10-41-24)13-21-26(28(27)36)19(16-8-9-22-23(11-16)40-15-39-22)14-25(35)34(21)18-6-3-5-17(12-18)30(31,32)33/h3-12,19-20,27H,2,13-15H2,1H3/t19-,20-,27-/m0/s1. The van der Waals surface area contributed by atoms with E-state index in [1.165, 1.54) is 28.4 Å². The van der Waals surface area contributed by atoms with Crippen molar-refractivity contribution in [1.82, 2.24) is 0 Å². The van der Waals surface area contributed by atoms with Gasteiger partial charge in [0.05, 0.1) is 12.2 Å². The van der Waals surface area contributed by atoms with Gasteiger partial charge in [-0.15, -0.1) is 11.3 Å². The van der Waals surface area contributed by atoms with E-state index >= 15 is 0 Å². The van der Waals surface area contributed by atoms with Crippen molar-refractivity contribution in [2.24, 2.45) is 5.92 Å². The summed E-state index contributed by atoms with van der Waals surface area (Å²) in [5, 5.41) is 1.82. The second kappa shape index (κ2) is 10.4. The average Bonchev–Trinajstić information content (AvgIpc) is 3.64. The molecule has 3 aliphatic rings. The minimum atomic E-state index is -4.63. The van der Waals surface area contributed by atoms with Crippen molar-refractivity contribution in [3.63, 3.8) is 0 Å². The zero-order valence-corrected chi connectivity index (χ0v) is 22.6. The Balaban J connectivity index is 1.55. The molecule has 41 heavy (non-hydrogen) atoms. The number of halogens is 3. The number of thiophene rings is 1. The molecule has 0 fully saturated rings. The topological polar surface area (TPSA) is 82.1 Å². The number of hydrogen-bond acceptors (Lipinski definition) is 7. The molecule has 0 bridgehead atoms. The summed E-state index contributed by atoms with van der Waals surface area (Å²) in [4.78, 5) is 43.4. The lowest BCUT2D eigenvalue weighted by Crippen LogP contribution is -2.46. The van der Waals surface area contributed by atoms with E-state index in [0.29, 0.717) is 17.1 Å². The first-order valence-corrected chi connectivity index (χ1v) is 13.9. The monoisotopic (exact) mass is 583 g/mol. The fourth-order valence-electron chi connectivity index (χ4n) is 5.84. The van der Waals surface area contributed by atoms with Crippen molar-refractivity contribution in [3.05, 3.63) is 87.3 Å². The van der Waals surface area contributed by atoms with E-state index < -0.39 is 47.2 Å². The van der Waals surface area contributed by atoms with Crippen LogP contribution in [-0.2, 0) is 25.3 Å². The summed E-state index contributed by atoms with van der Waals surface area (Å²) in [7, 11) is 0. The highest BCUT2D eigenvalue weighted by atomic mass is 32.1. The van der Waals surface area contributed by atoms with E-state index in [0.717, 1.165) is 17.0 Å². The Bertz CT molecular complexity index is 1560. The van der Waals surface area contributed by atoms with Crippen LogP contribution in [0, 0.1) is 5.92 Å². The van der Waals surface area contributed by atoms with Gasteiger partial charge >= 0.3 is 12.1 Å². The van der Waals surface area contributed by atoms with Crippen molar-refractivity contribution in [1.29, 1.82) is 0 Å². The summed E-state index contributed by atoms with van der Waals surface area (Å²) in [6.07, 6.45) is -4.74. The maximum Gasteiger partial charge on any atom is 0.416 e. The molecule has 3 atom stereocenters. The maximum absolute atomic E-state index is 14.4. The van der Waals surface area contributed by atoms with Crippen LogP contribution in [0.4, 0.5) is 18.9 Å². The number of ether oxygens (including phenoxy) is 3. The normalized spacial score (nSPS) is 22.1. The molecule has 11 heteroatoms. The molecule has 2 aliphatic heterocycles. The van der Waals surface area contributed by atoms with Gasteiger partial charge in [0.2, 0.25) is 12.7 Å². The number of esters is 1. The SMILES string of the molecule is CCOC(=O)[C@@H]1C(=O)C2=C(C[C@H]1c1cccs1)N(c1cccc(C(F)(F)F)c1)C(=O)C[C@H]2c1ccc2c(c1)OCO2. The summed E-state index contributed by atoms with van der Waals surface area (Å²) in [6.45, 7) is 1.76. The third-order valence-electron chi connectivity index (χ3n) is 7.60. The first-order valence-electron chi connectivity index (χ1n) is 13.0. The number of rotatable bonds is 5. The zero-order valence-electron chi connectivity index (χ0n) is 21.8. The number of anilines is 1. The average molecular weight is 584 g/mol. The number of amides is 1. The van der Waals surface area contributed by atoms with Gasteiger partial charge in [0.1, 0.15) is 5.92 Å². The van der Waals surface area contributed by atoms with Crippen LogP contribution in [0.25, 0.3) is 0 Å². The van der Waals surface area contributed by atoms with Gasteiger partial charge in [-0.25, -0.2) is 0 Å². The molecular weight excluding hydrogens is 559 g/mol. The predicted octanol–water partition coefficient (Wildman–Crippen LogP) is 6.21. The van der Waals surface area contributed by atoms with Crippen molar-refractivity contribution < 1.29 is 41.8 Å². The number of ketones is 1. The largest absolute Gasteiger partial charge is 0.465 e. The van der Waals surface area contributed by atoms with Crippen molar-refractivity contribution >= 4 is 34.7 Å². The second-order valence-electron chi connectivity index (χ2n) is 9.93. The van der Waals surface area contributed by atoms with E-state index in [1.54, 1.807) is 37.3 Å². The highest BCUT2D eigenvalue weighted by molar-refractivity contribution is 7.10. The minimum Gasteiger partial charge on any atom is -0.465 e. The van der Waals surface area contributed by atoms with Crippen LogP contribution >= 0.6 is 11.3 Å². The van der Waals surface area contributed by atoms with Crippen molar-refractivity contribution in [2.75, 3.05) is 18.3 Å². The van der Waals surface area contributed by atoms with Crippen LogP contribution < -0.4 is 14.4 Å². The van der Waals surface area contributed by atoms with Gasteiger partial charge in [-0.2, -0.15) is 13.2 Å². The highest BCUT2D eigenvalue weighted by Gasteiger charge is 2.50. The summed E-state index contributed by atoms with van der Waals surface area (Å²) in [5.41, 5.74) is 0.196. The van der Waals surface area contributed by atoms with E-state index in [-0.39, 0.29) is 43.2 Å². The first kappa shape index (κ1) is 27.1. The molecule has 0 unspecified atom stereocenters. The smallest absolute Gasteiger partial charge is 0.416 e. The lowest BCUT2D eigenvalue weighted by Gasteiger charge is -2.42. The molecule has 212 valence electrons. The number of alkyl halides is 3. The van der Waals surface area contributed by atoms with E-state index in [1.807, 2.05) is 5.38 Å². The molecule has 7 nitrogen and oxygen atoms in total. The Morgan fingerprint density at radius 1 is 1.05 bits per heavy atom. The predicted molar refractivity (Wildman–Crippen MR) is 143 cm³/mol. The maximum atomic E-state index is 14.4. The Morgan fingerprint density at radius 2 is 1.85 bits per heavy atom. The fourth-order valence-corrected chi connectivity index (χ4v) is 6.70. The van der Waals surface area contributed by atoms with E-state index in [2.05, 4.69) is 0 Å². The third-order valence-corrected chi connectivity index (χ3v) is 8.61. The zero-order chi connectivity index (χ0) is 28.9. The summed E-state index contributed by atoms with van der Waals surface area (Å²) in [5.74, 6) is -3.23. The molecule has 0 N–H and O–H groups in total. The first-order chi connectivity index (χ1) is 19.7. The molecule has 1 aromatic heterocycles.